The van der Waals surface area contributed by atoms with E-state index in [9.17, 15) is 0 Å². The molecule has 0 saturated carbocycles. The molecule has 0 unspecified atom stereocenters. The van der Waals surface area contributed by atoms with E-state index in [1.807, 2.05) is 24.3 Å². The fraction of sp³-hybridized carbons (Fsp3) is 0.500. The van der Waals surface area contributed by atoms with Gasteiger partial charge in [0.25, 0.3) is 0 Å². The summed E-state index contributed by atoms with van der Waals surface area (Å²) in [6.45, 7) is 8.66. The highest BCUT2D eigenvalue weighted by Crippen LogP contribution is 2.19. The van der Waals surface area contributed by atoms with Crippen LogP contribution < -0.4 is 10.6 Å². The van der Waals surface area contributed by atoms with Gasteiger partial charge in [-0.3, -0.25) is 0 Å². The van der Waals surface area contributed by atoms with Gasteiger partial charge in [-0.25, -0.2) is 4.98 Å². The highest BCUT2D eigenvalue weighted by molar-refractivity contribution is 5.74. The maximum atomic E-state index is 5.79. The molecule has 0 aliphatic heterocycles. The molecule has 102 valence electrons. The molecule has 1 aromatic carbocycles. The molecule has 0 saturated heterocycles. The lowest BCUT2D eigenvalue weighted by atomic mass is 9.93. The van der Waals surface area contributed by atoms with Crippen molar-refractivity contribution in [3.8, 4) is 0 Å². The van der Waals surface area contributed by atoms with Crippen LogP contribution in [0.1, 0.15) is 20.8 Å². The first-order chi connectivity index (χ1) is 9.05. The summed E-state index contributed by atoms with van der Waals surface area (Å²) < 4.78 is 0. The summed E-state index contributed by atoms with van der Waals surface area (Å²) >= 11 is 0. The summed E-state index contributed by atoms with van der Waals surface area (Å²) in [7, 11) is 0. The van der Waals surface area contributed by atoms with Gasteiger partial charge < -0.3 is 10.6 Å². The second-order valence-corrected chi connectivity index (χ2v) is 5.48. The van der Waals surface area contributed by atoms with E-state index >= 15 is 0 Å². The van der Waals surface area contributed by atoms with E-state index in [-0.39, 0.29) is 5.41 Å². The Balaban J connectivity index is 2.30. The maximum absolute atomic E-state index is 5.79. The molecule has 0 atom stereocenters. The lowest BCUT2D eigenvalue weighted by molar-refractivity contribution is 0.377. The molecule has 0 spiro atoms. The minimum atomic E-state index is 0.0328. The molecule has 5 nitrogen and oxygen atoms in total. The van der Waals surface area contributed by atoms with Crippen LogP contribution in [0, 0.1) is 5.41 Å². The van der Waals surface area contributed by atoms with Gasteiger partial charge in [-0.05, 0) is 31.0 Å². The fourth-order valence-electron chi connectivity index (χ4n) is 1.91. The van der Waals surface area contributed by atoms with E-state index in [4.69, 9.17) is 5.73 Å². The van der Waals surface area contributed by atoms with Gasteiger partial charge in [0.05, 0.1) is 5.52 Å². The molecule has 1 heterocycles. The number of para-hydroxylation sites is 1. The number of benzene rings is 1. The van der Waals surface area contributed by atoms with E-state index < -0.39 is 0 Å². The minimum Gasteiger partial charge on any atom is -0.339 e. The van der Waals surface area contributed by atoms with E-state index in [1.165, 1.54) is 0 Å². The van der Waals surface area contributed by atoms with Crippen LogP contribution in [-0.2, 0) is 0 Å². The van der Waals surface area contributed by atoms with Crippen LogP contribution in [0.25, 0.3) is 11.0 Å². The number of hydrogen-bond donors (Lipinski definition) is 1. The number of aromatic nitrogens is 3. The predicted octanol–water partition coefficient (Wildman–Crippen LogP) is 1.84. The zero-order chi connectivity index (χ0) is 13.9. The van der Waals surface area contributed by atoms with Crippen molar-refractivity contribution in [2.24, 2.45) is 11.1 Å². The van der Waals surface area contributed by atoms with Crippen molar-refractivity contribution in [3.63, 3.8) is 0 Å². The Morgan fingerprint density at radius 1 is 1.16 bits per heavy atom. The summed E-state index contributed by atoms with van der Waals surface area (Å²) in [6.07, 6.45) is 0. The second kappa shape index (κ2) is 5.48. The highest BCUT2D eigenvalue weighted by atomic mass is 15.3. The van der Waals surface area contributed by atoms with Gasteiger partial charge in [0, 0.05) is 13.1 Å². The Kier molecular flexibility index (Phi) is 3.95. The summed E-state index contributed by atoms with van der Waals surface area (Å²) in [6, 6.07) is 7.77. The quantitative estimate of drug-likeness (QED) is 0.887. The summed E-state index contributed by atoms with van der Waals surface area (Å²) in [5.41, 5.74) is 7.52. The number of anilines is 1. The number of fused-ring (bicyclic) bond motifs is 1. The van der Waals surface area contributed by atoms with E-state index in [0.29, 0.717) is 12.5 Å². The lowest BCUT2D eigenvalue weighted by Crippen LogP contribution is -2.39. The number of nitrogens with zero attached hydrogens (tertiary/aromatic N) is 4. The molecule has 2 aromatic rings. The van der Waals surface area contributed by atoms with Gasteiger partial charge in [-0.2, -0.15) is 0 Å². The van der Waals surface area contributed by atoms with Crippen LogP contribution >= 0.6 is 0 Å². The van der Waals surface area contributed by atoms with Crippen LogP contribution in [0.4, 0.5) is 5.95 Å². The summed E-state index contributed by atoms with van der Waals surface area (Å²) in [5, 5.41) is 8.44. The van der Waals surface area contributed by atoms with Gasteiger partial charge >= 0.3 is 0 Å². The fourth-order valence-corrected chi connectivity index (χ4v) is 1.91. The van der Waals surface area contributed by atoms with Gasteiger partial charge in [-0.15, -0.1) is 10.2 Å². The van der Waals surface area contributed by atoms with Crippen molar-refractivity contribution in [1.29, 1.82) is 0 Å². The molecule has 0 fully saturated rings. The van der Waals surface area contributed by atoms with Gasteiger partial charge in [-0.1, -0.05) is 26.0 Å². The molecule has 0 bridgehead atoms. The van der Waals surface area contributed by atoms with Gasteiger partial charge in [0.1, 0.15) is 5.52 Å². The Morgan fingerprint density at radius 2 is 1.84 bits per heavy atom. The van der Waals surface area contributed by atoms with E-state index in [1.54, 1.807) is 0 Å². The molecule has 0 aliphatic rings. The van der Waals surface area contributed by atoms with Crippen LogP contribution in [0.2, 0.25) is 0 Å². The molecular weight excluding hydrogens is 238 g/mol. The molecular formula is C14H21N5. The van der Waals surface area contributed by atoms with Crippen LogP contribution in [0.15, 0.2) is 24.3 Å². The highest BCUT2D eigenvalue weighted by Gasteiger charge is 2.21. The number of nitrogens with two attached hydrogens (primary N) is 1. The van der Waals surface area contributed by atoms with Crippen molar-refractivity contribution in [2.75, 3.05) is 24.5 Å². The molecule has 0 amide bonds. The number of hydrogen-bond acceptors (Lipinski definition) is 5. The Bertz CT molecular complexity index is 552. The minimum absolute atomic E-state index is 0.0328. The van der Waals surface area contributed by atoms with Gasteiger partial charge in [0.2, 0.25) is 5.95 Å². The predicted molar refractivity (Wildman–Crippen MR) is 78.1 cm³/mol. The van der Waals surface area contributed by atoms with Crippen molar-refractivity contribution in [1.82, 2.24) is 15.2 Å². The molecule has 2 N–H and O–H groups in total. The molecule has 2 rings (SSSR count). The third-order valence-corrected chi connectivity index (χ3v) is 3.19. The molecule has 5 heteroatoms. The first-order valence-electron chi connectivity index (χ1n) is 6.60. The largest absolute Gasteiger partial charge is 0.339 e. The summed E-state index contributed by atoms with van der Waals surface area (Å²) in [5.74, 6) is 0.669. The van der Waals surface area contributed by atoms with Crippen LogP contribution in [0.3, 0.4) is 0 Å². The van der Waals surface area contributed by atoms with Gasteiger partial charge in [0.15, 0.2) is 0 Å². The first-order valence-corrected chi connectivity index (χ1v) is 6.60. The Morgan fingerprint density at radius 3 is 2.47 bits per heavy atom. The average molecular weight is 259 g/mol. The topological polar surface area (TPSA) is 67.9 Å². The van der Waals surface area contributed by atoms with Crippen molar-refractivity contribution < 1.29 is 0 Å². The van der Waals surface area contributed by atoms with Crippen molar-refractivity contribution >= 4 is 17.0 Å². The molecule has 19 heavy (non-hydrogen) atoms. The average Bonchev–Trinajstić information content (AvgIpc) is 2.44. The van der Waals surface area contributed by atoms with Crippen LogP contribution in [-0.4, -0.2) is 34.8 Å². The smallest absolute Gasteiger partial charge is 0.245 e. The Labute approximate surface area is 113 Å². The van der Waals surface area contributed by atoms with E-state index in [0.717, 1.165) is 24.1 Å². The lowest BCUT2D eigenvalue weighted by Gasteiger charge is -2.30. The molecule has 0 radical (unpaired) electrons. The third kappa shape index (κ3) is 3.17. The molecule has 0 aliphatic carbocycles. The SMILES string of the molecule is CCN(CC(C)(C)CN)c1nnc2ccccc2n1. The standard InChI is InChI=1S/C14H21N5/c1-4-19(10-14(2,3)9-15)13-16-11-7-5-6-8-12(11)17-18-13/h5-8H,4,9-10,15H2,1-3H3. The second-order valence-electron chi connectivity index (χ2n) is 5.48. The van der Waals surface area contributed by atoms with Crippen LogP contribution in [0.5, 0.6) is 0 Å². The zero-order valence-electron chi connectivity index (χ0n) is 11.8. The number of rotatable bonds is 5. The molecule has 1 aromatic heterocycles. The third-order valence-electron chi connectivity index (χ3n) is 3.19. The normalized spacial score (nSPS) is 11.8. The maximum Gasteiger partial charge on any atom is 0.245 e. The Hall–Kier alpha value is -1.75. The monoisotopic (exact) mass is 259 g/mol. The summed E-state index contributed by atoms with van der Waals surface area (Å²) in [4.78, 5) is 6.69. The van der Waals surface area contributed by atoms with E-state index in [2.05, 4.69) is 40.9 Å². The van der Waals surface area contributed by atoms with Crippen molar-refractivity contribution in [2.45, 2.75) is 20.8 Å². The first kappa shape index (κ1) is 13.7. The zero-order valence-corrected chi connectivity index (χ0v) is 11.8. The van der Waals surface area contributed by atoms with Crippen molar-refractivity contribution in [3.05, 3.63) is 24.3 Å².